The zero-order valence-electron chi connectivity index (χ0n) is 26.8. The summed E-state index contributed by atoms with van der Waals surface area (Å²) in [4.78, 5) is 47.9. The zero-order valence-corrected chi connectivity index (χ0v) is 27.6. The van der Waals surface area contributed by atoms with Gasteiger partial charge in [-0.3, -0.25) is 9.69 Å². The summed E-state index contributed by atoms with van der Waals surface area (Å²) in [6, 6.07) is 11.3. The van der Waals surface area contributed by atoms with E-state index in [1.165, 1.54) is 17.0 Å². The molecule has 6 rings (SSSR count). The third kappa shape index (κ3) is 8.01. The van der Waals surface area contributed by atoms with Crippen LogP contribution in [0.4, 0.5) is 28.4 Å². The van der Waals surface area contributed by atoms with Crippen molar-refractivity contribution in [3.8, 4) is 0 Å². The third-order valence-corrected chi connectivity index (χ3v) is 10.3. The number of ether oxygens (including phenoxy) is 1. The molecule has 0 bridgehead atoms. The number of benzene rings is 2. The number of anilines is 1. The lowest BCUT2D eigenvalue weighted by Gasteiger charge is -2.41. The number of hydrogen-bond acceptors (Lipinski definition) is 6. The maximum absolute atomic E-state index is 13.9. The number of piperidine rings is 2. The van der Waals surface area contributed by atoms with Gasteiger partial charge in [0, 0.05) is 70.0 Å². The minimum absolute atomic E-state index is 0.0636. The zero-order chi connectivity index (χ0) is 33.8. The number of amides is 4. The Hall–Kier alpha value is -3.55. The lowest BCUT2D eigenvalue weighted by molar-refractivity contribution is -0.143. The third-order valence-electron chi connectivity index (χ3n) is 10.0. The van der Waals surface area contributed by atoms with Crippen molar-refractivity contribution in [2.75, 3.05) is 64.2 Å². The van der Waals surface area contributed by atoms with Gasteiger partial charge in [-0.1, -0.05) is 35.9 Å². The number of fused-ring (bicyclic) bond motifs is 1. The highest BCUT2D eigenvalue weighted by Crippen LogP contribution is 2.35. The van der Waals surface area contributed by atoms with E-state index < -0.39 is 29.0 Å². The molecule has 0 aliphatic carbocycles. The van der Waals surface area contributed by atoms with Crippen molar-refractivity contribution >= 4 is 35.3 Å². The standard InChI is InChI=1S/C34H42ClF3N6O4/c35-28-21-23(5-6-27(28)34(36,37)38)22-30(31(45)42-19-17-41(18-20-42)25-7-12-39-13-8-25)48-33(47)43-14-10-26(11-15-43)44-16-9-24-3-1-2-4-29(24)40-32(44)46/h1-6,21,25-26,30,39H,7-20,22H2,(H,40,46). The van der Waals surface area contributed by atoms with E-state index in [0.29, 0.717) is 70.3 Å². The number of carbonyl (C=O) groups is 3. The summed E-state index contributed by atoms with van der Waals surface area (Å²) >= 11 is 5.99. The van der Waals surface area contributed by atoms with Crippen LogP contribution in [-0.4, -0.2) is 115 Å². The lowest BCUT2D eigenvalue weighted by atomic mass is 10.0. The fourth-order valence-corrected chi connectivity index (χ4v) is 7.60. The predicted octanol–water partition coefficient (Wildman–Crippen LogP) is 4.86. The maximum Gasteiger partial charge on any atom is 0.417 e. The first-order valence-corrected chi connectivity index (χ1v) is 17.1. The second kappa shape index (κ2) is 14.9. The summed E-state index contributed by atoms with van der Waals surface area (Å²) in [6.45, 7) is 5.51. The van der Waals surface area contributed by atoms with Crippen LogP contribution in [0.1, 0.15) is 42.4 Å². The van der Waals surface area contributed by atoms with Crippen molar-refractivity contribution < 1.29 is 32.3 Å². The number of halogens is 4. The molecule has 0 aromatic heterocycles. The Kier molecular flexibility index (Phi) is 10.7. The van der Waals surface area contributed by atoms with Crippen LogP contribution in [0.5, 0.6) is 0 Å². The second-order valence-electron chi connectivity index (χ2n) is 13.0. The fraction of sp³-hybridized carbons (Fsp3) is 0.559. The Labute approximate surface area is 283 Å². The van der Waals surface area contributed by atoms with Crippen LogP contribution in [0.25, 0.3) is 0 Å². The summed E-state index contributed by atoms with van der Waals surface area (Å²) in [7, 11) is 0. The molecule has 1 unspecified atom stereocenters. The van der Waals surface area contributed by atoms with Crippen molar-refractivity contribution in [2.24, 2.45) is 0 Å². The topological polar surface area (TPSA) is 97.5 Å². The van der Waals surface area contributed by atoms with Crippen LogP contribution < -0.4 is 10.6 Å². The molecule has 2 N–H and O–H groups in total. The quantitative estimate of drug-likeness (QED) is 0.450. The largest absolute Gasteiger partial charge is 0.436 e. The van der Waals surface area contributed by atoms with E-state index in [1.807, 2.05) is 29.2 Å². The summed E-state index contributed by atoms with van der Waals surface area (Å²) in [5.41, 5.74) is 1.28. The Morgan fingerprint density at radius 3 is 2.29 bits per heavy atom. The van der Waals surface area contributed by atoms with Gasteiger partial charge in [0.05, 0.1) is 10.6 Å². The molecule has 1 atom stereocenters. The normalized spacial score (nSPS) is 20.9. The van der Waals surface area contributed by atoms with E-state index in [0.717, 1.165) is 49.7 Å². The van der Waals surface area contributed by atoms with Gasteiger partial charge in [-0.15, -0.1) is 0 Å². The Morgan fingerprint density at radius 1 is 0.896 bits per heavy atom. The molecule has 2 aromatic carbocycles. The van der Waals surface area contributed by atoms with E-state index >= 15 is 0 Å². The SMILES string of the molecule is O=C(OC(Cc1ccc(C(F)(F)F)c(Cl)c1)C(=O)N1CCN(C2CCNCC2)CC1)N1CCC(N2CCc3ccccc3NC2=O)CC1. The first-order valence-electron chi connectivity index (χ1n) is 16.8. The molecular formula is C34H42ClF3N6O4. The number of alkyl halides is 3. The Balaban J connectivity index is 1.10. The molecule has 4 heterocycles. The summed E-state index contributed by atoms with van der Waals surface area (Å²) in [5.74, 6) is -0.375. The van der Waals surface area contributed by atoms with Gasteiger partial charge in [0.1, 0.15) is 0 Å². The number of urea groups is 1. The first kappa shape index (κ1) is 34.3. The van der Waals surface area contributed by atoms with Gasteiger partial charge in [0.15, 0.2) is 6.10 Å². The number of hydrogen-bond donors (Lipinski definition) is 2. The van der Waals surface area contributed by atoms with Crippen LogP contribution in [0, 0.1) is 0 Å². The van der Waals surface area contributed by atoms with Gasteiger partial charge < -0.3 is 30.1 Å². The van der Waals surface area contributed by atoms with Crippen molar-refractivity contribution in [1.82, 2.24) is 24.9 Å². The molecule has 4 aliphatic heterocycles. The lowest BCUT2D eigenvalue weighted by Crippen LogP contribution is -2.56. The van der Waals surface area contributed by atoms with Gasteiger partial charge in [0.25, 0.3) is 5.91 Å². The van der Waals surface area contributed by atoms with Gasteiger partial charge in [-0.05, 0) is 74.5 Å². The highest BCUT2D eigenvalue weighted by Gasteiger charge is 2.37. The first-order chi connectivity index (χ1) is 23.1. The molecule has 0 spiro atoms. The van der Waals surface area contributed by atoms with E-state index in [9.17, 15) is 27.6 Å². The maximum atomic E-state index is 13.9. The number of piperazine rings is 1. The summed E-state index contributed by atoms with van der Waals surface area (Å²) < 4.78 is 45.9. The van der Waals surface area contributed by atoms with E-state index in [-0.39, 0.29) is 24.4 Å². The van der Waals surface area contributed by atoms with Crippen LogP contribution >= 0.6 is 11.6 Å². The Bertz CT molecular complexity index is 1470. The average molecular weight is 691 g/mol. The molecule has 10 nitrogen and oxygen atoms in total. The number of nitrogens with zero attached hydrogens (tertiary/aromatic N) is 4. The van der Waals surface area contributed by atoms with Crippen molar-refractivity contribution in [2.45, 2.75) is 62.9 Å². The number of para-hydroxylation sites is 1. The second-order valence-corrected chi connectivity index (χ2v) is 13.4. The highest BCUT2D eigenvalue weighted by molar-refractivity contribution is 6.31. The number of likely N-dealkylation sites (tertiary alicyclic amines) is 1. The molecule has 4 aliphatic rings. The van der Waals surface area contributed by atoms with Gasteiger partial charge in [-0.2, -0.15) is 13.2 Å². The molecule has 260 valence electrons. The molecule has 3 saturated heterocycles. The molecule has 2 aromatic rings. The van der Waals surface area contributed by atoms with Crippen LogP contribution in [0.3, 0.4) is 0 Å². The van der Waals surface area contributed by atoms with Crippen molar-refractivity contribution in [1.29, 1.82) is 0 Å². The average Bonchev–Trinajstić information content (AvgIpc) is 3.25. The fourth-order valence-electron chi connectivity index (χ4n) is 7.29. The molecule has 14 heteroatoms. The molecule has 48 heavy (non-hydrogen) atoms. The molecule has 4 amide bonds. The van der Waals surface area contributed by atoms with Gasteiger partial charge in [0.2, 0.25) is 0 Å². The van der Waals surface area contributed by atoms with Crippen LogP contribution in [0.15, 0.2) is 42.5 Å². The smallest absolute Gasteiger partial charge is 0.417 e. The van der Waals surface area contributed by atoms with E-state index in [4.69, 9.17) is 16.3 Å². The van der Waals surface area contributed by atoms with Gasteiger partial charge in [-0.25, -0.2) is 9.59 Å². The number of carbonyl (C=O) groups excluding carboxylic acids is 3. The molecule has 0 saturated carbocycles. The van der Waals surface area contributed by atoms with Crippen molar-refractivity contribution in [3.05, 3.63) is 64.2 Å². The molecular weight excluding hydrogens is 649 g/mol. The molecule has 0 radical (unpaired) electrons. The number of nitrogens with one attached hydrogen (secondary N) is 2. The van der Waals surface area contributed by atoms with Gasteiger partial charge >= 0.3 is 18.3 Å². The van der Waals surface area contributed by atoms with Crippen molar-refractivity contribution in [3.63, 3.8) is 0 Å². The monoisotopic (exact) mass is 690 g/mol. The van der Waals surface area contributed by atoms with E-state index in [1.54, 1.807) is 4.90 Å². The van der Waals surface area contributed by atoms with E-state index in [2.05, 4.69) is 15.5 Å². The minimum atomic E-state index is -4.62. The predicted molar refractivity (Wildman–Crippen MR) is 175 cm³/mol. The van der Waals surface area contributed by atoms with Crippen LogP contribution in [-0.2, 0) is 28.5 Å². The molecule has 3 fully saturated rings. The number of rotatable bonds is 6. The van der Waals surface area contributed by atoms with Crippen LogP contribution in [0.2, 0.25) is 5.02 Å². The summed E-state index contributed by atoms with van der Waals surface area (Å²) in [5, 5.41) is 5.89. The summed E-state index contributed by atoms with van der Waals surface area (Å²) in [6.07, 6.45) is -2.70. The minimum Gasteiger partial charge on any atom is -0.436 e. The Morgan fingerprint density at radius 2 is 1.60 bits per heavy atom. The highest BCUT2D eigenvalue weighted by atomic mass is 35.5.